The first kappa shape index (κ1) is 21.0. The zero-order chi connectivity index (χ0) is 20.5. The minimum atomic E-state index is -4.56. The first-order valence-corrected chi connectivity index (χ1v) is 11.3. The number of carbonyl (C=O) groups is 1. The Hall–Kier alpha value is -1.77. The maximum Gasteiger partial charge on any atom is 0.416 e. The Morgan fingerprint density at radius 3 is 2.57 bits per heavy atom. The first-order chi connectivity index (χ1) is 13.0. The van der Waals surface area contributed by atoms with Crippen LogP contribution in [-0.4, -0.2) is 33.2 Å². The molecular weight excluding hydrogens is 393 g/mol. The fourth-order valence-corrected chi connectivity index (χ4v) is 5.36. The van der Waals surface area contributed by atoms with E-state index in [1.165, 1.54) is 25.0 Å². The van der Waals surface area contributed by atoms with Crippen molar-refractivity contribution in [2.45, 2.75) is 50.7 Å². The van der Waals surface area contributed by atoms with Crippen LogP contribution in [0.4, 0.5) is 18.9 Å². The Kier molecular flexibility index (Phi) is 5.93. The van der Waals surface area contributed by atoms with E-state index < -0.39 is 21.8 Å². The number of rotatable bonds is 7. The number of hydrogen-bond donors (Lipinski definition) is 1. The standard InChI is InChI=1S/C19H25F3N2O3S/c1-28(26,27)24(16-5-2-4-15(12-16)19(20,21)22)9-3-6-18(25)23-17-11-13-7-8-14(17)10-13/h2,4-5,12-14,17H,3,6-11H2,1H3,(H,23,25)/t13-,14-,17-/m0/s1. The summed E-state index contributed by atoms with van der Waals surface area (Å²) in [4.78, 5) is 12.2. The van der Waals surface area contributed by atoms with Crippen LogP contribution in [0, 0.1) is 11.8 Å². The highest BCUT2D eigenvalue weighted by atomic mass is 32.2. The van der Waals surface area contributed by atoms with Crippen molar-refractivity contribution >= 4 is 21.6 Å². The van der Waals surface area contributed by atoms with Crippen molar-refractivity contribution in [1.82, 2.24) is 5.32 Å². The van der Waals surface area contributed by atoms with Crippen molar-refractivity contribution in [3.8, 4) is 0 Å². The van der Waals surface area contributed by atoms with E-state index in [1.807, 2.05) is 0 Å². The molecule has 0 heterocycles. The Morgan fingerprint density at radius 1 is 1.25 bits per heavy atom. The SMILES string of the molecule is CS(=O)(=O)N(CCCC(=O)N[C@H]1C[C@H]2CC[C@H]1C2)c1cccc(C(F)(F)F)c1. The third-order valence-corrected chi connectivity index (χ3v) is 6.91. The summed E-state index contributed by atoms with van der Waals surface area (Å²) >= 11 is 0. The van der Waals surface area contributed by atoms with E-state index >= 15 is 0 Å². The molecule has 0 spiro atoms. The van der Waals surface area contributed by atoms with Crippen molar-refractivity contribution in [1.29, 1.82) is 0 Å². The molecule has 2 aliphatic rings. The number of halogens is 3. The zero-order valence-electron chi connectivity index (χ0n) is 15.7. The van der Waals surface area contributed by atoms with Gasteiger partial charge in [-0.25, -0.2) is 8.42 Å². The summed E-state index contributed by atoms with van der Waals surface area (Å²) in [6.07, 6.45) is 1.32. The maximum atomic E-state index is 12.9. The second-order valence-electron chi connectivity index (χ2n) is 7.84. The predicted octanol–water partition coefficient (Wildman–Crippen LogP) is 3.56. The lowest BCUT2D eigenvalue weighted by Crippen LogP contribution is -2.39. The summed E-state index contributed by atoms with van der Waals surface area (Å²) in [6.45, 7) is -0.0513. The van der Waals surface area contributed by atoms with Crippen LogP contribution in [0.25, 0.3) is 0 Å². The minimum absolute atomic E-state index is 0.0502. The molecule has 0 aliphatic heterocycles. The number of nitrogens with one attached hydrogen (secondary N) is 1. The highest BCUT2D eigenvalue weighted by Crippen LogP contribution is 2.44. The quantitative estimate of drug-likeness (QED) is 0.736. The number of carbonyl (C=O) groups excluding carboxylic acids is 1. The third-order valence-electron chi connectivity index (χ3n) is 5.71. The normalized spacial score (nSPS) is 24.4. The number of anilines is 1. The summed E-state index contributed by atoms with van der Waals surface area (Å²) in [5.74, 6) is 1.12. The fraction of sp³-hybridized carbons (Fsp3) is 0.632. The lowest BCUT2D eigenvalue weighted by molar-refractivity contribution is -0.137. The van der Waals surface area contributed by atoms with Gasteiger partial charge in [0, 0.05) is 19.0 Å². The third kappa shape index (κ3) is 4.98. The lowest BCUT2D eigenvalue weighted by Gasteiger charge is -2.24. The molecule has 1 aromatic carbocycles. The maximum absolute atomic E-state index is 12.9. The van der Waals surface area contributed by atoms with Crippen LogP contribution in [0.3, 0.4) is 0 Å². The molecule has 2 saturated carbocycles. The van der Waals surface area contributed by atoms with E-state index in [0.717, 1.165) is 35.5 Å². The smallest absolute Gasteiger partial charge is 0.353 e. The van der Waals surface area contributed by atoms with Crippen LogP contribution in [-0.2, 0) is 21.0 Å². The van der Waals surface area contributed by atoms with Gasteiger partial charge in [-0.2, -0.15) is 13.2 Å². The van der Waals surface area contributed by atoms with Gasteiger partial charge in [-0.1, -0.05) is 12.5 Å². The molecule has 28 heavy (non-hydrogen) atoms. The molecule has 0 radical (unpaired) electrons. The largest absolute Gasteiger partial charge is 0.416 e. The molecule has 2 aliphatic carbocycles. The molecule has 0 unspecified atom stereocenters. The van der Waals surface area contributed by atoms with Crippen LogP contribution in [0.2, 0.25) is 0 Å². The van der Waals surface area contributed by atoms with Gasteiger partial charge in [0.05, 0.1) is 17.5 Å². The highest BCUT2D eigenvalue weighted by Gasteiger charge is 2.40. The van der Waals surface area contributed by atoms with Crippen LogP contribution < -0.4 is 9.62 Å². The van der Waals surface area contributed by atoms with Gasteiger partial charge in [0.15, 0.2) is 0 Å². The van der Waals surface area contributed by atoms with Crippen molar-refractivity contribution in [2.75, 3.05) is 17.1 Å². The number of hydrogen-bond acceptors (Lipinski definition) is 3. The van der Waals surface area contributed by atoms with Crippen molar-refractivity contribution in [3.63, 3.8) is 0 Å². The average molecular weight is 418 g/mol. The summed E-state index contributed by atoms with van der Waals surface area (Å²) in [6, 6.07) is 4.42. The molecule has 2 bridgehead atoms. The second kappa shape index (κ2) is 7.93. The minimum Gasteiger partial charge on any atom is -0.353 e. The van der Waals surface area contributed by atoms with Gasteiger partial charge in [0.25, 0.3) is 0 Å². The number of alkyl halides is 3. The van der Waals surface area contributed by atoms with Crippen molar-refractivity contribution in [2.24, 2.45) is 11.8 Å². The van der Waals surface area contributed by atoms with Crippen molar-refractivity contribution < 1.29 is 26.4 Å². The van der Waals surface area contributed by atoms with E-state index in [2.05, 4.69) is 5.32 Å². The van der Waals surface area contributed by atoms with Gasteiger partial charge < -0.3 is 5.32 Å². The number of amides is 1. The van der Waals surface area contributed by atoms with E-state index in [9.17, 15) is 26.4 Å². The van der Waals surface area contributed by atoms with E-state index in [-0.39, 0.29) is 37.0 Å². The zero-order valence-corrected chi connectivity index (χ0v) is 16.5. The van der Waals surface area contributed by atoms with Gasteiger partial charge in [0.2, 0.25) is 15.9 Å². The Morgan fingerprint density at radius 2 is 2.00 bits per heavy atom. The molecule has 0 aromatic heterocycles. The second-order valence-corrected chi connectivity index (χ2v) is 9.74. The predicted molar refractivity (Wildman–Crippen MR) is 100 cm³/mol. The van der Waals surface area contributed by atoms with E-state index in [1.54, 1.807) is 0 Å². The molecule has 2 fully saturated rings. The molecule has 1 aromatic rings. The number of benzene rings is 1. The van der Waals surface area contributed by atoms with Crippen LogP contribution >= 0.6 is 0 Å². The monoisotopic (exact) mass is 418 g/mol. The number of sulfonamides is 1. The Bertz CT molecular complexity index is 826. The average Bonchev–Trinajstić information content (AvgIpc) is 3.20. The Balaban J connectivity index is 1.59. The Labute approximate surface area is 163 Å². The molecule has 5 nitrogen and oxygen atoms in total. The van der Waals surface area contributed by atoms with Gasteiger partial charge >= 0.3 is 6.18 Å². The van der Waals surface area contributed by atoms with Gasteiger partial charge in [0.1, 0.15) is 0 Å². The highest BCUT2D eigenvalue weighted by molar-refractivity contribution is 7.92. The molecule has 0 saturated heterocycles. The fourth-order valence-electron chi connectivity index (χ4n) is 4.41. The molecule has 1 N–H and O–H groups in total. The molecule has 9 heteroatoms. The van der Waals surface area contributed by atoms with Gasteiger partial charge in [-0.3, -0.25) is 9.10 Å². The summed E-state index contributed by atoms with van der Waals surface area (Å²) < 4.78 is 63.8. The van der Waals surface area contributed by atoms with E-state index in [0.29, 0.717) is 11.8 Å². The van der Waals surface area contributed by atoms with Crippen LogP contribution in [0.5, 0.6) is 0 Å². The summed E-state index contributed by atoms with van der Waals surface area (Å²) in [5, 5.41) is 3.04. The topological polar surface area (TPSA) is 66.5 Å². The van der Waals surface area contributed by atoms with Gasteiger partial charge in [-0.15, -0.1) is 0 Å². The first-order valence-electron chi connectivity index (χ1n) is 9.48. The number of nitrogens with zero attached hydrogens (tertiary/aromatic N) is 1. The summed E-state index contributed by atoms with van der Waals surface area (Å²) in [5.41, 5.74) is -0.960. The van der Waals surface area contributed by atoms with Crippen molar-refractivity contribution in [3.05, 3.63) is 29.8 Å². The van der Waals surface area contributed by atoms with Crippen LogP contribution in [0.1, 0.15) is 44.1 Å². The molecular formula is C19H25F3N2O3S. The summed E-state index contributed by atoms with van der Waals surface area (Å²) in [7, 11) is -3.77. The van der Waals surface area contributed by atoms with Gasteiger partial charge in [-0.05, 0) is 55.7 Å². The number of fused-ring (bicyclic) bond motifs is 2. The lowest BCUT2D eigenvalue weighted by atomic mass is 9.95. The molecule has 1 amide bonds. The van der Waals surface area contributed by atoms with Crippen LogP contribution in [0.15, 0.2) is 24.3 Å². The molecule has 3 rings (SSSR count). The molecule has 156 valence electrons. The molecule has 3 atom stereocenters. The van der Waals surface area contributed by atoms with E-state index in [4.69, 9.17) is 0 Å².